The molecule has 0 bridgehead atoms. The van der Waals surface area contributed by atoms with E-state index in [2.05, 4.69) is 15.9 Å². The summed E-state index contributed by atoms with van der Waals surface area (Å²) in [6.45, 7) is 3.73. The van der Waals surface area contributed by atoms with Gasteiger partial charge in [-0.1, -0.05) is 12.5 Å². The lowest BCUT2D eigenvalue weighted by atomic mass is 9.78. The van der Waals surface area contributed by atoms with E-state index in [1.54, 1.807) is 0 Å². The maximum absolute atomic E-state index is 12.7. The fourth-order valence-corrected chi connectivity index (χ4v) is 4.31. The average molecular weight is 337 g/mol. The minimum absolute atomic E-state index is 0.137. The summed E-state index contributed by atoms with van der Waals surface area (Å²) in [7, 11) is 0. The van der Waals surface area contributed by atoms with Crippen molar-refractivity contribution in [3.63, 3.8) is 0 Å². The lowest BCUT2D eigenvalue weighted by Crippen LogP contribution is -2.38. The molecule has 4 heteroatoms. The molecule has 0 radical (unpaired) electrons. The summed E-state index contributed by atoms with van der Waals surface area (Å²) in [5.74, 6) is 1.24. The molecule has 20 heavy (non-hydrogen) atoms. The highest BCUT2D eigenvalue weighted by molar-refractivity contribution is 9.10. The number of carbonyl (C=O) groups is 1. The zero-order valence-corrected chi connectivity index (χ0v) is 13.4. The molecule has 0 aromatic heterocycles. The summed E-state index contributed by atoms with van der Waals surface area (Å²) in [6.07, 6.45) is 3.53. The summed E-state index contributed by atoms with van der Waals surface area (Å²) >= 11 is 3.51. The van der Waals surface area contributed by atoms with Crippen LogP contribution in [-0.4, -0.2) is 29.9 Å². The second kappa shape index (κ2) is 5.49. The molecule has 1 saturated heterocycles. The molecule has 3 unspecified atom stereocenters. The van der Waals surface area contributed by atoms with Crippen LogP contribution in [0.2, 0.25) is 0 Å². The molecule has 2 aliphatic rings. The fraction of sp³-hybridized carbons (Fsp3) is 0.562. The van der Waals surface area contributed by atoms with Crippen LogP contribution in [0, 0.1) is 18.8 Å². The Labute approximate surface area is 128 Å². The van der Waals surface area contributed by atoms with E-state index in [1.165, 1.54) is 12.8 Å². The Balaban J connectivity index is 1.78. The van der Waals surface area contributed by atoms with Gasteiger partial charge in [0.15, 0.2) is 0 Å². The molecule has 2 fully saturated rings. The Morgan fingerprint density at radius 2 is 2.15 bits per heavy atom. The van der Waals surface area contributed by atoms with Crippen molar-refractivity contribution in [2.75, 3.05) is 13.1 Å². The van der Waals surface area contributed by atoms with Gasteiger partial charge in [-0.05, 0) is 65.2 Å². The van der Waals surface area contributed by atoms with Crippen molar-refractivity contribution in [3.8, 4) is 0 Å². The third-order valence-corrected chi connectivity index (χ3v) is 5.45. The number of nitrogens with two attached hydrogens (primary N) is 1. The van der Waals surface area contributed by atoms with Crippen LogP contribution in [-0.2, 0) is 0 Å². The second-order valence-electron chi connectivity index (χ2n) is 6.21. The van der Waals surface area contributed by atoms with Gasteiger partial charge >= 0.3 is 0 Å². The van der Waals surface area contributed by atoms with E-state index in [4.69, 9.17) is 5.73 Å². The van der Waals surface area contributed by atoms with Gasteiger partial charge in [-0.25, -0.2) is 0 Å². The molecule has 3 rings (SSSR count). The molecule has 1 heterocycles. The minimum atomic E-state index is 0.137. The van der Waals surface area contributed by atoms with Crippen LogP contribution in [0.3, 0.4) is 0 Å². The van der Waals surface area contributed by atoms with Gasteiger partial charge in [-0.15, -0.1) is 0 Å². The predicted octanol–water partition coefficient (Wildman–Crippen LogP) is 2.96. The van der Waals surface area contributed by atoms with Crippen molar-refractivity contribution < 1.29 is 4.79 Å². The van der Waals surface area contributed by atoms with Crippen LogP contribution in [0.1, 0.15) is 35.2 Å². The van der Waals surface area contributed by atoms with E-state index in [1.807, 2.05) is 30.0 Å². The molecule has 1 aromatic rings. The first kappa shape index (κ1) is 14.1. The van der Waals surface area contributed by atoms with Crippen molar-refractivity contribution in [3.05, 3.63) is 33.8 Å². The molecular formula is C16H21BrN2O. The van der Waals surface area contributed by atoms with E-state index in [0.717, 1.165) is 35.1 Å². The summed E-state index contributed by atoms with van der Waals surface area (Å²) in [5.41, 5.74) is 8.15. The van der Waals surface area contributed by atoms with Gasteiger partial charge in [0.2, 0.25) is 0 Å². The largest absolute Gasteiger partial charge is 0.338 e. The van der Waals surface area contributed by atoms with Gasteiger partial charge in [0.05, 0.1) is 5.56 Å². The van der Waals surface area contributed by atoms with Crippen LogP contribution in [0.25, 0.3) is 0 Å². The quantitative estimate of drug-likeness (QED) is 0.856. The Bertz CT molecular complexity index is 531. The number of fused-ring (bicyclic) bond motifs is 1. The minimum Gasteiger partial charge on any atom is -0.338 e. The highest BCUT2D eigenvalue weighted by Gasteiger charge is 2.40. The first-order chi connectivity index (χ1) is 9.56. The van der Waals surface area contributed by atoms with E-state index in [9.17, 15) is 4.79 Å². The number of amides is 1. The number of rotatable bonds is 1. The third-order valence-electron chi connectivity index (χ3n) is 4.80. The van der Waals surface area contributed by atoms with Crippen LogP contribution in [0.5, 0.6) is 0 Å². The third kappa shape index (κ3) is 2.51. The first-order valence-corrected chi connectivity index (χ1v) is 8.16. The fourth-order valence-electron chi connectivity index (χ4n) is 3.65. The monoisotopic (exact) mass is 336 g/mol. The highest BCUT2D eigenvalue weighted by Crippen LogP contribution is 2.36. The Kier molecular flexibility index (Phi) is 3.87. The summed E-state index contributed by atoms with van der Waals surface area (Å²) in [6, 6.07) is 6.19. The smallest absolute Gasteiger partial charge is 0.255 e. The van der Waals surface area contributed by atoms with Crippen molar-refractivity contribution in [2.45, 2.75) is 32.2 Å². The number of carbonyl (C=O) groups excluding carboxylic acids is 1. The van der Waals surface area contributed by atoms with Gasteiger partial charge in [0.1, 0.15) is 0 Å². The lowest BCUT2D eigenvalue weighted by Gasteiger charge is -2.29. The molecule has 3 atom stereocenters. The van der Waals surface area contributed by atoms with Gasteiger partial charge in [0.25, 0.3) is 5.91 Å². The molecule has 1 aliphatic carbocycles. The van der Waals surface area contributed by atoms with Crippen molar-refractivity contribution in [1.29, 1.82) is 0 Å². The van der Waals surface area contributed by atoms with E-state index >= 15 is 0 Å². The van der Waals surface area contributed by atoms with Crippen molar-refractivity contribution in [1.82, 2.24) is 4.90 Å². The van der Waals surface area contributed by atoms with Crippen molar-refractivity contribution in [2.24, 2.45) is 17.6 Å². The topological polar surface area (TPSA) is 46.3 Å². The summed E-state index contributed by atoms with van der Waals surface area (Å²) in [5, 5.41) is 0. The van der Waals surface area contributed by atoms with Crippen molar-refractivity contribution >= 4 is 21.8 Å². The molecule has 2 N–H and O–H groups in total. The van der Waals surface area contributed by atoms with Gasteiger partial charge in [-0.3, -0.25) is 4.79 Å². The number of hydrogen-bond acceptors (Lipinski definition) is 2. The number of hydrogen-bond donors (Lipinski definition) is 1. The zero-order valence-electron chi connectivity index (χ0n) is 11.8. The zero-order chi connectivity index (χ0) is 14.3. The number of aryl methyl sites for hydroxylation is 1. The molecule has 1 aliphatic heterocycles. The molecular weight excluding hydrogens is 316 g/mol. The highest BCUT2D eigenvalue weighted by atomic mass is 79.9. The molecule has 1 aromatic carbocycles. The summed E-state index contributed by atoms with van der Waals surface area (Å²) in [4.78, 5) is 14.7. The molecule has 3 nitrogen and oxygen atoms in total. The van der Waals surface area contributed by atoms with Crippen LogP contribution in [0.15, 0.2) is 22.7 Å². The standard InChI is InChI=1S/C16H21BrN2O/c1-10-5-6-12(14(17)7-10)16(20)19-8-11-3-2-4-15(18)13(11)9-19/h5-7,11,13,15H,2-4,8-9,18H2,1H3. The normalized spacial score (nSPS) is 29.4. The SMILES string of the molecule is Cc1ccc(C(=O)N2CC3CCCC(N)C3C2)c(Br)c1. The lowest BCUT2D eigenvalue weighted by molar-refractivity contribution is 0.0782. The maximum Gasteiger partial charge on any atom is 0.255 e. The number of nitrogens with zero attached hydrogens (tertiary/aromatic N) is 1. The predicted molar refractivity (Wildman–Crippen MR) is 83.6 cm³/mol. The molecule has 108 valence electrons. The van der Waals surface area contributed by atoms with Gasteiger partial charge < -0.3 is 10.6 Å². The molecule has 1 amide bonds. The van der Waals surface area contributed by atoms with E-state index in [0.29, 0.717) is 11.8 Å². The number of halogens is 1. The van der Waals surface area contributed by atoms with Crippen LogP contribution >= 0.6 is 15.9 Å². The van der Waals surface area contributed by atoms with Crippen LogP contribution in [0.4, 0.5) is 0 Å². The Morgan fingerprint density at radius 1 is 1.35 bits per heavy atom. The number of benzene rings is 1. The molecule has 1 saturated carbocycles. The van der Waals surface area contributed by atoms with Crippen LogP contribution < -0.4 is 5.73 Å². The molecule has 0 spiro atoms. The maximum atomic E-state index is 12.7. The summed E-state index contributed by atoms with van der Waals surface area (Å²) < 4.78 is 0.890. The Hall–Kier alpha value is -0.870. The van der Waals surface area contributed by atoms with E-state index in [-0.39, 0.29) is 11.9 Å². The first-order valence-electron chi connectivity index (χ1n) is 7.37. The van der Waals surface area contributed by atoms with Gasteiger partial charge in [0, 0.05) is 23.6 Å². The average Bonchev–Trinajstić information content (AvgIpc) is 2.83. The second-order valence-corrected chi connectivity index (χ2v) is 7.07. The van der Waals surface area contributed by atoms with E-state index < -0.39 is 0 Å². The van der Waals surface area contributed by atoms with Gasteiger partial charge in [-0.2, -0.15) is 0 Å². The Morgan fingerprint density at radius 3 is 2.85 bits per heavy atom. The number of likely N-dealkylation sites (tertiary alicyclic amines) is 1.